The summed E-state index contributed by atoms with van der Waals surface area (Å²) in [6.45, 7) is 5.97. The number of carbonyl (C=O) groups excluding carboxylic acids is 1. The summed E-state index contributed by atoms with van der Waals surface area (Å²) in [6, 6.07) is 0.626. The van der Waals surface area contributed by atoms with Gasteiger partial charge in [0, 0.05) is 25.7 Å². The van der Waals surface area contributed by atoms with Gasteiger partial charge in [-0.2, -0.15) is 0 Å². The van der Waals surface area contributed by atoms with Crippen molar-refractivity contribution in [1.82, 2.24) is 10.2 Å². The van der Waals surface area contributed by atoms with Crippen molar-refractivity contribution in [2.24, 2.45) is 11.3 Å². The number of carbonyl (C=O) groups is 1. The molecule has 2 amide bonds. The molecule has 4 heteroatoms. The zero-order chi connectivity index (χ0) is 14.6. The van der Waals surface area contributed by atoms with Crippen LogP contribution in [0, 0.1) is 11.3 Å². The van der Waals surface area contributed by atoms with Gasteiger partial charge in [-0.3, -0.25) is 0 Å². The van der Waals surface area contributed by atoms with Crippen LogP contribution in [0.25, 0.3) is 0 Å². The Labute approximate surface area is 122 Å². The number of aliphatic hydroxyl groups excluding tert-OH is 1. The highest BCUT2D eigenvalue weighted by Crippen LogP contribution is 2.36. The molecule has 2 aliphatic rings. The van der Waals surface area contributed by atoms with E-state index in [1.54, 1.807) is 0 Å². The normalized spacial score (nSPS) is 26.4. The van der Waals surface area contributed by atoms with E-state index in [1.165, 1.54) is 25.7 Å². The first-order valence-electron chi connectivity index (χ1n) is 8.19. The molecule has 2 fully saturated rings. The van der Waals surface area contributed by atoms with E-state index < -0.39 is 0 Å². The van der Waals surface area contributed by atoms with Gasteiger partial charge in [-0.05, 0) is 49.9 Å². The number of aliphatic hydroxyl groups is 1. The second-order valence-corrected chi connectivity index (χ2v) is 7.25. The number of urea groups is 1. The van der Waals surface area contributed by atoms with E-state index >= 15 is 0 Å². The molecule has 0 bridgehead atoms. The zero-order valence-corrected chi connectivity index (χ0v) is 13.0. The van der Waals surface area contributed by atoms with Gasteiger partial charge in [0.25, 0.3) is 0 Å². The van der Waals surface area contributed by atoms with Gasteiger partial charge in [0.1, 0.15) is 0 Å². The van der Waals surface area contributed by atoms with E-state index in [0.717, 1.165) is 38.3 Å². The number of rotatable bonds is 5. The van der Waals surface area contributed by atoms with Crippen LogP contribution in [0.15, 0.2) is 0 Å². The Bertz CT molecular complexity index is 330. The van der Waals surface area contributed by atoms with E-state index in [9.17, 15) is 9.90 Å². The highest BCUT2D eigenvalue weighted by atomic mass is 16.3. The van der Waals surface area contributed by atoms with Gasteiger partial charge < -0.3 is 15.3 Å². The van der Waals surface area contributed by atoms with Gasteiger partial charge in [-0.25, -0.2) is 4.79 Å². The Hall–Kier alpha value is -0.770. The summed E-state index contributed by atoms with van der Waals surface area (Å²) in [5.41, 5.74) is -0.0353. The lowest BCUT2D eigenvalue weighted by Gasteiger charge is -2.37. The molecule has 1 saturated carbocycles. The Morgan fingerprint density at radius 3 is 2.80 bits per heavy atom. The Kier molecular flexibility index (Phi) is 5.30. The van der Waals surface area contributed by atoms with Gasteiger partial charge in [0.15, 0.2) is 0 Å². The smallest absolute Gasteiger partial charge is 0.317 e. The molecule has 1 heterocycles. The van der Waals surface area contributed by atoms with Gasteiger partial charge in [-0.1, -0.05) is 20.3 Å². The predicted molar refractivity (Wildman–Crippen MR) is 80.6 cm³/mol. The van der Waals surface area contributed by atoms with Crippen molar-refractivity contribution in [2.75, 3.05) is 19.7 Å². The highest BCUT2D eigenvalue weighted by molar-refractivity contribution is 5.74. The number of hydrogen-bond donors (Lipinski definition) is 2. The van der Waals surface area contributed by atoms with E-state index in [2.05, 4.69) is 24.1 Å². The van der Waals surface area contributed by atoms with Crippen molar-refractivity contribution in [3.05, 3.63) is 0 Å². The molecule has 0 spiro atoms. The fourth-order valence-corrected chi connectivity index (χ4v) is 3.65. The van der Waals surface area contributed by atoms with E-state index in [-0.39, 0.29) is 18.1 Å². The van der Waals surface area contributed by atoms with Crippen LogP contribution in [0.4, 0.5) is 4.79 Å². The summed E-state index contributed by atoms with van der Waals surface area (Å²) < 4.78 is 0. The monoisotopic (exact) mass is 282 g/mol. The van der Waals surface area contributed by atoms with Crippen LogP contribution < -0.4 is 5.32 Å². The van der Waals surface area contributed by atoms with Crippen molar-refractivity contribution in [2.45, 2.75) is 64.8 Å². The second kappa shape index (κ2) is 6.79. The summed E-state index contributed by atoms with van der Waals surface area (Å²) in [5.74, 6) is 0.753. The van der Waals surface area contributed by atoms with E-state index in [0.29, 0.717) is 6.04 Å². The van der Waals surface area contributed by atoms with Gasteiger partial charge in [0.2, 0.25) is 0 Å². The molecule has 1 aliphatic carbocycles. The Balaban J connectivity index is 1.72. The molecule has 20 heavy (non-hydrogen) atoms. The summed E-state index contributed by atoms with van der Waals surface area (Å²) in [4.78, 5) is 14.4. The molecular formula is C16H30N2O2. The lowest BCUT2D eigenvalue weighted by atomic mass is 9.89. The minimum Gasteiger partial charge on any atom is -0.396 e. The molecule has 0 aromatic carbocycles. The van der Waals surface area contributed by atoms with Crippen molar-refractivity contribution in [1.29, 1.82) is 0 Å². The average molecular weight is 282 g/mol. The summed E-state index contributed by atoms with van der Waals surface area (Å²) in [5, 5.41) is 12.3. The Morgan fingerprint density at radius 2 is 2.05 bits per heavy atom. The number of piperidine rings is 1. The number of likely N-dealkylation sites (tertiary alicyclic amines) is 1. The SMILES string of the molecule is CC(C)(CO)CCCNC(=O)N1CCCC2CCCC21. The Morgan fingerprint density at radius 1 is 1.30 bits per heavy atom. The third kappa shape index (κ3) is 3.87. The van der Waals surface area contributed by atoms with Crippen molar-refractivity contribution >= 4 is 6.03 Å². The molecule has 2 rings (SSSR count). The third-order valence-corrected chi connectivity index (χ3v) is 4.99. The molecule has 0 aromatic heterocycles. The summed E-state index contributed by atoms with van der Waals surface area (Å²) in [6.07, 6.45) is 8.11. The molecular weight excluding hydrogens is 252 g/mol. The van der Waals surface area contributed by atoms with Crippen LogP contribution in [0.1, 0.15) is 58.8 Å². The molecule has 116 valence electrons. The van der Waals surface area contributed by atoms with Crippen molar-refractivity contribution < 1.29 is 9.90 Å². The van der Waals surface area contributed by atoms with Crippen LogP contribution >= 0.6 is 0 Å². The molecule has 4 nitrogen and oxygen atoms in total. The lowest BCUT2D eigenvalue weighted by molar-refractivity contribution is 0.126. The minimum absolute atomic E-state index is 0.0353. The van der Waals surface area contributed by atoms with Gasteiger partial charge in [-0.15, -0.1) is 0 Å². The van der Waals surface area contributed by atoms with Crippen LogP contribution in [0.5, 0.6) is 0 Å². The molecule has 2 unspecified atom stereocenters. The first kappa shape index (κ1) is 15.6. The van der Waals surface area contributed by atoms with Crippen LogP contribution in [0.3, 0.4) is 0 Å². The van der Waals surface area contributed by atoms with Crippen LogP contribution in [-0.4, -0.2) is 41.8 Å². The maximum Gasteiger partial charge on any atom is 0.317 e. The minimum atomic E-state index is -0.0353. The lowest BCUT2D eigenvalue weighted by Crippen LogP contribution is -2.50. The van der Waals surface area contributed by atoms with Crippen LogP contribution in [0.2, 0.25) is 0 Å². The predicted octanol–water partition coefficient (Wildman–Crippen LogP) is 2.76. The molecule has 1 saturated heterocycles. The number of nitrogens with zero attached hydrogens (tertiary/aromatic N) is 1. The third-order valence-electron chi connectivity index (χ3n) is 4.99. The van der Waals surface area contributed by atoms with Gasteiger partial charge >= 0.3 is 6.03 Å². The second-order valence-electron chi connectivity index (χ2n) is 7.25. The first-order valence-corrected chi connectivity index (χ1v) is 8.19. The molecule has 2 N–H and O–H groups in total. The highest BCUT2D eigenvalue weighted by Gasteiger charge is 2.37. The number of fused-ring (bicyclic) bond motifs is 1. The van der Waals surface area contributed by atoms with E-state index in [1.807, 2.05) is 0 Å². The molecule has 0 radical (unpaired) electrons. The quantitative estimate of drug-likeness (QED) is 0.762. The summed E-state index contributed by atoms with van der Waals surface area (Å²) in [7, 11) is 0. The molecule has 2 atom stereocenters. The largest absolute Gasteiger partial charge is 0.396 e. The maximum atomic E-state index is 12.3. The first-order chi connectivity index (χ1) is 9.53. The number of hydrogen-bond acceptors (Lipinski definition) is 2. The van der Waals surface area contributed by atoms with Crippen molar-refractivity contribution in [3.63, 3.8) is 0 Å². The fraction of sp³-hybridized carbons (Fsp3) is 0.938. The van der Waals surface area contributed by atoms with Crippen molar-refractivity contribution in [3.8, 4) is 0 Å². The fourth-order valence-electron chi connectivity index (χ4n) is 3.65. The number of amides is 2. The van der Waals surface area contributed by atoms with Gasteiger partial charge in [0.05, 0.1) is 0 Å². The molecule has 0 aromatic rings. The van der Waals surface area contributed by atoms with Crippen LogP contribution in [-0.2, 0) is 0 Å². The number of nitrogens with one attached hydrogen (secondary N) is 1. The standard InChI is InChI=1S/C16H30N2O2/c1-16(2,12-19)9-5-10-17-15(20)18-11-4-7-13-6-3-8-14(13)18/h13-14,19H,3-12H2,1-2H3,(H,17,20). The van der Waals surface area contributed by atoms with E-state index in [4.69, 9.17) is 0 Å². The average Bonchev–Trinajstić information content (AvgIpc) is 2.91. The summed E-state index contributed by atoms with van der Waals surface area (Å²) >= 11 is 0. The topological polar surface area (TPSA) is 52.6 Å². The zero-order valence-electron chi connectivity index (χ0n) is 13.0. The molecule has 1 aliphatic heterocycles. The maximum absolute atomic E-state index is 12.3.